The van der Waals surface area contributed by atoms with E-state index in [1.54, 1.807) is 13.2 Å². The maximum Gasteiger partial charge on any atom is 0.293 e. The van der Waals surface area contributed by atoms with E-state index >= 15 is 0 Å². The third-order valence-corrected chi connectivity index (χ3v) is 20.4. The lowest BCUT2D eigenvalue weighted by Gasteiger charge is -2.58. The highest BCUT2D eigenvalue weighted by atomic mass is 32.2. The van der Waals surface area contributed by atoms with Crippen molar-refractivity contribution in [2.45, 2.75) is 133 Å². The summed E-state index contributed by atoms with van der Waals surface area (Å²) in [4.78, 5) is 44.1. The lowest BCUT2D eigenvalue weighted by molar-refractivity contribution is -0.384. The maximum atomic E-state index is 14.9. The number of furan rings is 1. The van der Waals surface area contributed by atoms with E-state index in [0.717, 1.165) is 123 Å². The van der Waals surface area contributed by atoms with Crippen LogP contribution in [-0.2, 0) is 21.3 Å². The number of hydrogen-bond donors (Lipinski definition) is 4. The van der Waals surface area contributed by atoms with Gasteiger partial charge in [0.2, 0.25) is 5.88 Å². The zero-order chi connectivity index (χ0) is 59.6. The number of nitrogens with zero attached hydrogens (tertiary/aromatic N) is 6. The van der Waals surface area contributed by atoms with Crippen LogP contribution in [0.4, 0.5) is 28.4 Å². The van der Waals surface area contributed by atoms with Crippen LogP contribution in [0, 0.1) is 28.4 Å². The summed E-state index contributed by atoms with van der Waals surface area (Å²) in [5, 5.41) is 28.0. The number of piperidine rings is 1. The van der Waals surface area contributed by atoms with E-state index in [1.807, 2.05) is 44.3 Å². The van der Waals surface area contributed by atoms with Crippen molar-refractivity contribution in [1.82, 2.24) is 24.5 Å². The van der Waals surface area contributed by atoms with E-state index in [2.05, 4.69) is 90.9 Å². The van der Waals surface area contributed by atoms with Gasteiger partial charge >= 0.3 is 0 Å². The number of H-pyrrole nitrogens is 1. The zero-order valence-electron chi connectivity index (χ0n) is 49.6. The van der Waals surface area contributed by atoms with Gasteiger partial charge in [0.15, 0.2) is 11.3 Å². The topological polar surface area (TPSA) is 230 Å². The van der Waals surface area contributed by atoms with Gasteiger partial charge in [0.25, 0.3) is 21.6 Å². The molecule has 0 unspecified atom stereocenters. The summed E-state index contributed by atoms with van der Waals surface area (Å²) < 4.78 is 61.8. The molecule has 0 bridgehead atoms. The molecule has 7 heterocycles. The Bertz CT molecular complexity index is 3800. The lowest BCUT2D eigenvalue weighted by Crippen LogP contribution is -2.59. The summed E-state index contributed by atoms with van der Waals surface area (Å²) in [6.07, 6.45) is 8.83. The molecule has 4 aromatic carbocycles. The molecule has 2 saturated carbocycles. The fourth-order valence-corrected chi connectivity index (χ4v) is 15.5. The van der Waals surface area contributed by atoms with Gasteiger partial charge in [-0.25, -0.2) is 13.1 Å². The van der Waals surface area contributed by atoms with Crippen LogP contribution in [-0.4, -0.2) is 134 Å². The molecule has 86 heavy (non-hydrogen) atoms. The van der Waals surface area contributed by atoms with Gasteiger partial charge in [0.05, 0.1) is 58.6 Å². The smallest absolute Gasteiger partial charge is 0.293 e. The molecule has 454 valence electrons. The number of anilines is 4. The van der Waals surface area contributed by atoms with Gasteiger partial charge in [-0.05, 0) is 169 Å². The standard InChI is InChI=1S/C65H77N9O11S/c1-40(2)83-57-9-7-6-8-49(57)56-38-70(37-43-29-45-28-41(3)84-60(45)58(30-43)81-5)25-26-72(56)47-34-65(35-47)20-23-71(24-21-65)46-10-12-50(53(32-46)73-52-17-27-82-39-59(52)85-63-55(73)31-44-16-22-66-61(44)68-63)62(75)69-86(79,80)48-11-13-51(54(33-48)74(77)78)67-36-42-14-18-64(4,76)19-15-42/h6-13,16,22,28-33,40,42,47,52,56,59,67,76H,14-15,17-21,23-27,34-39H2,1-5H3,(H,66,68)(H,69,75)/t42-,52-,56+,59-,64-/m0/s1. The first-order valence-electron chi connectivity index (χ1n) is 30.4. The molecule has 1 amide bonds. The molecule has 21 heteroatoms. The first-order valence-corrected chi connectivity index (χ1v) is 31.9. The van der Waals surface area contributed by atoms with Crippen LogP contribution < -0.4 is 34.0 Å². The van der Waals surface area contributed by atoms with E-state index in [4.69, 9.17) is 28.3 Å². The van der Waals surface area contributed by atoms with Crippen LogP contribution in [0.1, 0.15) is 112 Å². The molecule has 2 aliphatic carbocycles. The molecule has 6 aliphatic rings. The van der Waals surface area contributed by atoms with Crippen LogP contribution in [0.5, 0.6) is 17.4 Å². The Labute approximate surface area is 501 Å². The number of carbonyl (C=O) groups excluding carboxylic acids is 1. The number of para-hydroxylation sites is 1. The van der Waals surface area contributed by atoms with E-state index in [1.165, 1.54) is 23.3 Å². The number of nitro groups is 1. The quantitative estimate of drug-likeness (QED) is 0.0521. The van der Waals surface area contributed by atoms with Crippen LogP contribution in [0.15, 0.2) is 107 Å². The summed E-state index contributed by atoms with van der Waals surface area (Å²) in [6.45, 7) is 14.1. The van der Waals surface area contributed by atoms with Crippen molar-refractivity contribution in [2.75, 3.05) is 74.7 Å². The predicted molar refractivity (Wildman–Crippen MR) is 328 cm³/mol. The number of piperazine rings is 1. The minimum absolute atomic E-state index is 0.0273. The molecule has 3 aromatic heterocycles. The summed E-state index contributed by atoms with van der Waals surface area (Å²) in [6, 6.07) is 28.3. The molecular formula is C65H77N9O11S. The molecule has 20 nitrogen and oxygen atoms in total. The molecule has 13 rings (SSSR count). The van der Waals surface area contributed by atoms with Gasteiger partial charge in [-0.15, -0.1) is 0 Å². The number of ether oxygens (including phenoxy) is 4. The highest BCUT2D eigenvalue weighted by molar-refractivity contribution is 7.90. The van der Waals surface area contributed by atoms with Crippen LogP contribution in [0.3, 0.4) is 0 Å². The van der Waals surface area contributed by atoms with E-state index in [-0.39, 0.29) is 47.4 Å². The lowest BCUT2D eigenvalue weighted by atomic mass is 9.59. The van der Waals surface area contributed by atoms with Crippen molar-refractivity contribution >= 4 is 66.4 Å². The Hall–Kier alpha value is -7.43. The molecule has 3 atom stereocenters. The fourth-order valence-electron chi connectivity index (χ4n) is 14.5. The molecule has 3 saturated heterocycles. The Balaban J connectivity index is 0.755. The van der Waals surface area contributed by atoms with Crippen molar-refractivity contribution in [3.05, 3.63) is 130 Å². The Kier molecular flexibility index (Phi) is 15.4. The number of pyridine rings is 1. The van der Waals surface area contributed by atoms with Crippen molar-refractivity contribution < 1.29 is 46.6 Å². The number of aromatic nitrogens is 2. The normalized spacial score (nSPS) is 23.6. The molecule has 4 aliphatic heterocycles. The number of fused-ring (bicyclic) bond motifs is 4. The van der Waals surface area contributed by atoms with Gasteiger partial charge in [0, 0.05) is 92.7 Å². The van der Waals surface area contributed by atoms with Gasteiger partial charge in [-0.1, -0.05) is 18.2 Å². The third-order valence-electron chi connectivity index (χ3n) is 19.1. The van der Waals surface area contributed by atoms with Crippen LogP contribution in [0.25, 0.3) is 22.0 Å². The summed E-state index contributed by atoms with van der Waals surface area (Å²) in [7, 11) is -2.96. The SMILES string of the molecule is COc1cc(CN2CCN(C3CC4(CCN(c5ccc(C(=O)NS(=O)(=O)c6ccc(NC[C@H]7CC[C@](C)(O)CC7)c([N+](=O)[O-])c6)c(N6c7cc8cc[nH]c8nc7O[C@H]7COCC[C@@H]76)c5)CC4)C3)[C@@H](c3ccccc3OC(C)C)C2)cc2cc(C)oc12. The minimum Gasteiger partial charge on any atom is -0.493 e. The Morgan fingerprint density at radius 2 is 1.73 bits per heavy atom. The zero-order valence-corrected chi connectivity index (χ0v) is 50.4. The third kappa shape index (κ3) is 11.4. The van der Waals surface area contributed by atoms with Crippen LogP contribution >= 0.6 is 0 Å². The first-order chi connectivity index (χ1) is 41.4. The highest BCUT2D eigenvalue weighted by Crippen LogP contribution is 2.54. The number of aliphatic hydroxyl groups is 1. The van der Waals surface area contributed by atoms with Gasteiger partial charge < -0.3 is 48.6 Å². The Morgan fingerprint density at radius 3 is 2.51 bits per heavy atom. The monoisotopic (exact) mass is 1190 g/mol. The van der Waals surface area contributed by atoms with Gasteiger partial charge in [0.1, 0.15) is 34.6 Å². The van der Waals surface area contributed by atoms with E-state index < -0.39 is 43.1 Å². The second kappa shape index (κ2) is 23.0. The number of sulfonamides is 1. The van der Waals surface area contributed by atoms with Gasteiger partial charge in [-0.3, -0.25) is 24.7 Å². The van der Waals surface area contributed by atoms with Crippen molar-refractivity contribution in [2.24, 2.45) is 11.3 Å². The second-order valence-electron chi connectivity index (χ2n) is 25.4. The fraction of sp³-hybridized carbons (Fsp3) is 0.477. The molecule has 5 fully saturated rings. The maximum absolute atomic E-state index is 14.9. The molecule has 7 aromatic rings. The highest BCUT2D eigenvalue weighted by Gasteiger charge is 2.51. The predicted octanol–water partition coefficient (Wildman–Crippen LogP) is 10.8. The first kappa shape index (κ1) is 57.6. The average Bonchev–Trinajstić information content (AvgIpc) is 1.15. The largest absolute Gasteiger partial charge is 0.493 e. The molecule has 4 N–H and O–H groups in total. The molecular weight excluding hydrogens is 1110 g/mol. The average molecular weight is 1190 g/mol. The number of hydrogen-bond acceptors (Lipinski definition) is 17. The number of carbonyl (C=O) groups is 1. The molecule has 0 radical (unpaired) electrons. The van der Waals surface area contributed by atoms with Gasteiger partial charge in [-0.2, -0.15) is 4.98 Å². The number of methoxy groups -OCH3 is 1. The second-order valence-corrected chi connectivity index (χ2v) is 27.1. The Morgan fingerprint density at radius 1 is 0.930 bits per heavy atom. The molecule has 1 spiro atoms. The number of amides is 1. The van der Waals surface area contributed by atoms with Crippen molar-refractivity contribution in [3.8, 4) is 17.4 Å². The number of aryl methyl sites for hydroxylation is 1. The minimum atomic E-state index is -4.65. The van der Waals surface area contributed by atoms with Crippen molar-refractivity contribution in [1.29, 1.82) is 0 Å². The summed E-state index contributed by atoms with van der Waals surface area (Å²) in [5.74, 6) is 2.18. The van der Waals surface area contributed by atoms with E-state index in [0.29, 0.717) is 61.4 Å². The van der Waals surface area contributed by atoms with E-state index in [9.17, 15) is 28.4 Å². The van der Waals surface area contributed by atoms with Crippen molar-refractivity contribution in [3.63, 3.8) is 0 Å². The van der Waals surface area contributed by atoms with Crippen LogP contribution in [0.2, 0.25) is 0 Å². The number of nitrogens with one attached hydrogen (secondary N) is 3. The number of aromatic amines is 1. The summed E-state index contributed by atoms with van der Waals surface area (Å²) in [5.41, 5.74) is 5.09. The number of nitro benzene ring substituents is 1. The number of benzene rings is 4. The summed E-state index contributed by atoms with van der Waals surface area (Å²) >= 11 is 0. The number of rotatable bonds is 16.